The molecule has 0 aliphatic heterocycles. The minimum Gasteiger partial charge on any atom is -0.497 e. The van der Waals surface area contributed by atoms with Crippen LogP contribution in [0.3, 0.4) is 0 Å². The van der Waals surface area contributed by atoms with E-state index in [0.29, 0.717) is 22.6 Å². The summed E-state index contributed by atoms with van der Waals surface area (Å²) in [7, 11) is 1.69. The molecule has 0 aromatic heterocycles. The standard InChI is InChI=1S/C51H42N2O3/c1-35-5-11-39(12-6-35)51(54)40-15-27-49(28-16-40)56-50-31-25-45(26-32-50)53(43-19-9-37(3)10-20-43)47-22-14-38-13-21-46(33-41(38)34-47)52(42-17-7-36(2)8-18-42)44-23-29-48(55-4)30-24-44/h5-34H,1-4H3. The van der Waals surface area contributed by atoms with Crippen LogP contribution in [0.1, 0.15) is 32.6 Å². The van der Waals surface area contributed by atoms with Crippen LogP contribution in [0.4, 0.5) is 34.1 Å². The monoisotopic (exact) mass is 730 g/mol. The van der Waals surface area contributed by atoms with Crippen molar-refractivity contribution in [2.24, 2.45) is 0 Å². The Kier molecular flexibility index (Phi) is 10.1. The molecule has 0 unspecified atom stereocenters. The van der Waals surface area contributed by atoms with Crippen molar-refractivity contribution in [2.75, 3.05) is 16.9 Å². The number of fused-ring (bicyclic) bond motifs is 1. The van der Waals surface area contributed by atoms with Crippen LogP contribution in [0.15, 0.2) is 182 Å². The van der Waals surface area contributed by atoms with Gasteiger partial charge in [0.1, 0.15) is 17.2 Å². The van der Waals surface area contributed by atoms with Crippen LogP contribution in [0.25, 0.3) is 10.8 Å². The van der Waals surface area contributed by atoms with Gasteiger partial charge in [-0.2, -0.15) is 0 Å². The van der Waals surface area contributed by atoms with E-state index in [9.17, 15) is 4.79 Å². The van der Waals surface area contributed by atoms with Gasteiger partial charge in [-0.15, -0.1) is 0 Å². The summed E-state index contributed by atoms with van der Waals surface area (Å²) in [5.74, 6) is 2.17. The first kappa shape index (κ1) is 35.9. The lowest BCUT2D eigenvalue weighted by Crippen LogP contribution is -2.11. The maximum Gasteiger partial charge on any atom is 0.193 e. The summed E-state index contributed by atoms with van der Waals surface area (Å²) in [6.07, 6.45) is 0. The molecule has 274 valence electrons. The highest BCUT2D eigenvalue weighted by molar-refractivity contribution is 6.09. The minimum absolute atomic E-state index is 0.0113. The molecule has 5 heteroatoms. The van der Waals surface area contributed by atoms with Crippen molar-refractivity contribution < 1.29 is 14.3 Å². The molecule has 8 rings (SSSR count). The highest BCUT2D eigenvalue weighted by Gasteiger charge is 2.17. The van der Waals surface area contributed by atoms with Crippen molar-refractivity contribution in [1.82, 2.24) is 0 Å². The van der Waals surface area contributed by atoms with Gasteiger partial charge in [0.15, 0.2) is 5.78 Å². The Morgan fingerprint density at radius 2 is 0.696 bits per heavy atom. The van der Waals surface area contributed by atoms with Gasteiger partial charge in [0.05, 0.1) is 7.11 Å². The maximum absolute atomic E-state index is 13.0. The smallest absolute Gasteiger partial charge is 0.193 e. The van der Waals surface area contributed by atoms with Gasteiger partial charge in [-0.05, 0) is 153 Å². The second kappa shape index (κ2) is 15.7. The van der Waals surface area contributed by atoms with Crippen LogP contribution >= 0.6 is 0 Å². The molecule has 5 nitrogen and oxygen atoms in total. The van der Waals surface area contributed by atoms with Gasteiger partial charge in [0, 0.05) is 45.3 Å². The van der Waals surface area contributed by atoms with Crippen molar-refractivity contribution in [3.8, 4) is 17.2 Å². The zero-order valence-corrected chi connectivity index (χ0v) is 31.9. The molecule has 8 aromatic rings. The van der Waals surface area contributed by atoms with E-state index in [4.69, 9.17) is 9.47 Å². The SMILES string of the molecule is COc1ccc(N(c2ccc(C)cc2)c2ccc3ccc(N(c4ccc(C)cc4)c4ccc(Oc5ccc(C(=O)c6ccc(C)cc6)cc5)cc4)cc3c2)cc1. The summed E-state index contributed by atoms with van der Waals surface area (Å²) in [6, 6.07) is 61.7. The third-order valence-corrected chi connectivity index (χ3v) is 10.00. The summed E-state index contributed by atoms with van der Waals surface area (Å²) < 4.78 is 11.7. The fraction of sp³-hybridized carbons (Fsp3) is 0.0784. The van der Waals surface area contributed by atoms with E-state index in [1.165, 1.54) is 11.1 Å². The molecule has 0 N–H and O–H groups in total. The Bertz CT molecular complexity index is 2600. The maximum atomic E-state index is 13.0. The number of nitrogens with zero attached hydrogens (tertiary/aromatic N) is 2. The molecule has 0 radical (unpaired) electrons. The molecular weight excluding hydrogens is 689 g/mol. The normalized spacial score (nSPS) is 10.9. The molecule has 0 fully saturated rings. The second-order valence-electron chi connectivity index (χ2n) is 14.1. The third kappa shape index (κ3) is 7.75. The summed E-state index contributed by atoms with van der Waals surface area (Å²) in [5.41, 5.74) is 11.1. The summed E-state index contributed by atoms with van der Waals surface area (Å²) >= 11 is 0. The van der Waals surface area contributed by atoms with E-state index in [1.54, 1.807) is 7.11 Å². The van der Waals surface area contributed by atoms with Crippen LogP contribution in [-0.4, -0.2) is 12.9 Å². The average Bonchev–Trinajstić information content (AvgIpc) is 3.23. The summed E-state index contributed by atoms with van der Waals surface area (Å²) in [5, 5.41) is 2.27. The van der Waals surface area contributed by atoms with Gasteiger partial charge in [0.25, 0.3) is 0 Å². The zero-order chi connectivity index (χ0) is 38.6. The number of ether oxygens (including phenoxy) is 2. The minimum atomic E-state index is -0.0113. The molecule has 0 aliphatic rings. The Labute approximate surface area is 328 Å². The number of rotatable bonds is 11. The van der Waals surface area contributed by atoms with E-state index < -0.39 is 0 Å². The van der Waals surface area contributed by atoms with Gasteiger partial charge in [-0.3, -0.25) is 4.79 Å². The Hall–Kier alpha value is -7.11. The van der Waals surface area contributed by atoms with Gasteiger partial charge >= 0.3 is 0 Å². The van der Waals surface area contributed by atoms with Crippen molar-refractivity contribution in [1.29, 1.82) is 0 Å². The number of methoxy groups -OCH3 is 1. The van der Waals surface area contributed by atoms with Gasteiger partial charge in [-0.25, -0.2) is 0 Å². The van der Waals surface area contributed by atoms with E-state index in [1.807, 2.05) is 79.7 Å². The number of benzene rings is 8. The van der Waals surface area contributed by atoms with Crippen molar-refractivity contribution in [3.63, 3.8) is 0 Å². The Morgan fingerprint density at radius 3 is 1.11 bits per heavy atom. The Balaban J connectivity index is 1.10. The summed E-state index contributed by atoms with van der Waals surface area (Å²) in [6.45, 7) is 6.22. The van der Waals surface area contributed by atoms with Crippen LogP contribution in [-0.2, 0) is 0 Å². The molecule has 0 bridgehead atoms. The first-order chi connectivity index (χ1) is 27.3. The molecule has 0 aliphatic carbocycles. The zero-order valence-electron chi connectivity index (χ0n) is 31.9. The van der Waals surface area contributed by atoms with E-state index in [-0.39, 0.29) is 5.78 Å². The van der Waals surface area contributed by atoms with Crippen molar-refractivity contribution >= 4 is 50.7 Å². The number of carbonyl (C=O) groups excluding carboxylic acids is 1. The van der Waals surface area contributed by atoms with Crippen molar-refractivity contribution in [2.45, 2.75) is 20.8 Å². The van der Waals surface area contributed by atoms with Crippen LogP contribution in [0, 0.1) is 20.8 Å². The molecule has 0 saturated carbocycles. The average molecular weight is 731 g/mol. The first-order valence-electron chi connectivity index (χ1n) is 18.7. The third-order valence-electron chi connectivity index (χ3n) is 10.00. The lowest BCUT2D eigenvalue weighted by atomic mass is 10.0. The van der Waals surface area contributed by atoms with Crippen LogP contribution < -0.4 is 19.3 Å². The lowest BCUT2D eigenvalue weighted by molar-refractivity contribution is 0.103. The largest absolute Gasteiger partial charge is 0.497 e. The fourth-order valence-corrected chi connectivity index (χ4v) is 6.86. The predicted molar refractivity (Wildman–Crippen MR) is 230 cm³/mol. The number of ketones is 1. The van der Waals surface area contributed by atoms with Crippen LogP contribution in [0.5, 0.6) is 17.2 Å². The highest BCUT2D eigenvalue weighted by atomic mass is 16.5. The molecule has 0 atom stereocenters. The van der Waals surface area contributed by atoms with Crippen molar-refractivity contribution in [3.05, 3.63) is 210 Å². The Morgan fingerprint density at radius 1 is 0.375 bits per heavy atom. The quantitative estimate of drug-likeness (QED) is 0.124. The number of anilines is 6. The van der Waals surface area contributed by atoms with Gasteiger partial charge < -0.3 is 19.3 Å². The topological polar surface area (TPSA) is 42.0 Å². The predicted octanol–water partition coefficient (Wildman–Crippen LogP) is 13.7. The molecule has 8 aromatic carbocycles. The fourth-order valence-electron chi connectivity index (χ4n) is 6.86. The second-order valence-corrected chi connectivity index (χ2v) is 14.1. The number of aryl methyl sites for hydroxylation is 3. The van der Waals surface area contributed by atoms with E-state index in [2.05, 4.69) is 133 Å². The lowest BCUT2D eigenvalue weighted by Gasteiger charge is -2.27. The van der Waals surface area contributed by atoms with Crippen LogP contribution in [0.2, 0.25) is 0 Å². The number of hydrogen-bond acceptors (Lipinski definition) is 5. The molecule has 0 saturated heterocycles. The van der Waals surface area contributed by atoms with Gasteiger partial charge in [0.2, 0.25) is 0 Å². The summed E-state index contributed by atoms with van der Waals surface area (Å²) in [4.78, 5) is 17.5. The number of hydrogen-bond donors (Lipinski definition) is 0. The molecule has 56 heavy (non-hydrogen) atoms. The highest BCUT2D eigenvalue weighted by Crippen LogP contribution is 2.40. The molecule has 0 heterocycles. The molecule has 0 amide bonds. The number of carbonyl (C=O) groups is 1. The van der Waals surface area contributed by atoms with E-state index in [0.717, 1.165) is 56.2 Å². The molecule has 0 spiro atoms. The van der Waals surface area contributed by atoms with Gasteiger partial charge in [-0.1, -0.05) is 77.4 Å². The van der Waals surface area contributed by atoms with E-state index >= 15 is 0 Å². The first-order valence-corrected chi connectivity index (χ1v) is 18.7. The molecular formula is C51H42N2O3.